The van der Waals surface area contributed by atoms with E-state index in [-0.39, 0.29) is 17.3 Å². The number of carbonyl (C=O) groups is 1. The van der Waals surface area contributed by atoms with Crippen molar-refractivity contribution in [3.8, 4) is 0 Å². The number of hydrogen-bond donors (Lipinski definition) is 0. The molecule has 3 aromatic carbocycles. The van der Waals surface area contributed by atoms with Crippen LogP contribution in [0, 0.1) is 0 Å². The minimum absolute atomic E-state index is 0.170. The van der Waals surface area contributed by atoms with Gasteiger partial charge in [0.15, 0.2) is 0 Å². The Kier molecular flexibility index (Phi) is 7.35. The molecule has 192 valence electrons. The van der Waals surface area contributed by atoms with Gasteiger partial charge in [-0.2, -0.15) is 4.31 Å². The summed E-state index contributed by atoms with van der Waals surface area (Å²) in [5.41, 5.74) is 1.79. The third-order valence-corrected chi connectivity index (χ3v) is 10.3. The average molecular weight is 574 g/mol. The zero-order valence-corrected chi connectivity index (χ0v) is 23.5. The van der Waals surface area contributed by atoms with Crippen LogP contribution in [0.3, 0.4) is 0 Å². The second-order valence-corrected chi connectivity index (χ2v) is 13.1. The maximum Gasteiger partial charge on any atom is 0.243 e. The Morgan fingerprint density at radius 3 is 2.51 bits per heavy atom. The minimum Gasteiger partial charge on any atom is -0.330 e. The van der Waals surface area contributed by atoms with Crippen molar-refractivity contribution in [3.05, 3.63) is 98.2 Å². The van der Waals surface area contributed by atoms with E-state index in [1.54, 1.807) is 60.4 Å². The fraction of sp³-hybridized carbons (Fsp3) is 0.250. The van der Waals surface area contributed by atoms with E-state index in [4.69, 9.17) is 23.2 Å². The van der Waals surface area contributed by atoms with Gasteiger partial charge in [0.25, 0.3) is 0 Å². The molecule has 0 fully saturated rings. The van der Waals surface area contributed by atoms with Crippen molar-refractivity contribution in [2.75, 3.05) is 13.1 Å². The molecule has 1 unspecified atom stereocenters. The van der Waals surface area contributed by atoms with Gasteiger partial charge in [-0.25, -0.2) is 8.42 Å². The van der Waals surface area contributed by atoms with Crippen LogP contribution in [0.4, 0.5) is 0 Å². The van der Waals surface area contributed by atoms with Crippen LogP contribution in [0.1, 0.15) is 35.9 Å². The number of amides is 1. The summed E-state index contributed by atoms with van der Waals surface area (Å²) >= 11 is 14.4. The summed E-state index contributed by atoms with van der Waals surface area (Å²) in [7, 11) is -3.93. The molecule has 0 saturated heterocycles. The molecule has 1 amide bonds. The molecular weight excluding hydrogens is 547 g/mol. The van der Waals surface area contributed by atoms with Gasteiger partial charge >= 0.3 is 0 Å². The molecule has 1 aromatic heterocycles. The Morgan fingerprint density at radius 2 is 1.78 bits per heavy atom. The first-order valence-electron chi connectivity index (χ1n) is 12.0. The lowest BCUT2D eigenvalue weighted by Crippen LogP contribution is -2.48. The zero-order valence-electron chi connectivity index (χ0n) is 20.4. The molecule has 0 radical (unpaired) electrons. The van der Waals surface area contributed by atoms with Gasteiger partial charge in [-0.05, 0) is 77.9 Å². The molecule has 0 saturated carbocycles. The number of fused-ring (bicyclic) bond motifs is 2. The van der Waals surface area contributed by atoms with Gasteiger partial charge in [0, 0.05) is 27.5 Å². The quantitative estimate of drug-likeness (QED) is 0.256. The molecule has 0 spiro atoms. The Hall–Kier alpha value is -2.42. The van der Waals surface area contributed by atoms with Gasteiger partial charge < -0.3 is 4.90 Å². The smallest absolute Gasteiger partial charge is 0.243 e. The van der Waals surface area contributed by atoms with E-state index in [0.29, 0.717) is 23.0 Å². The van der Waals surface area contributed by atoms with Gasteiger partial charge in [0.1, 0.15) is 0 Å². The molecule has 0 aliphatic carbocycles. The molecule has 9 heteroatoms. The molecule has 2 heterocycles. The SMILES string of the molecule is CC(C)N(CC(=O)N1CCc2sccc2C1c1ccc(Cl)cc1Cl)S(=O)(=O)c1ccc2ccccc2c1. The number of thiophene rings is 1. The third-order valence-electron chi connectivity index (χ3n) is 6.74. The van der Waals surface area contributed by atoms with Crippen molar-refractivity contribution in [2.45, 2.75) is 37.2 Å². The van der Waals surface area contributed by atoms with E-state index < -0.39 is 22.1 Å². The standard InChI is InChI=1S/C28H26Cl2N2O3S2/c1-18(2)32(37(34,35)22-9-7-19-5-3-4-6-20(19)15-22)17-27(33)31-13-11-26-24(12-14-36-26)28(31)23-10-8-21(29)16-25(23)30/h3-10,12,14-16,18,28H,11,13,17H2,1-2H3. The van der Waals surface area contributed by atoms with Crippen molar-refractivity contribution in [2.24, 2.45) is 0 Å². The molecule has 37 heavy (non-hydrogen) atoms. The number of benzene rings is 3. The zero-order chi connectivity index (χ0) is 26.3. The molecule has 5 rings (SSSR count). The summed E-state index contributed by atoms with van der Waals surface area (Å²) < 4.78 is 28.8. The average Bonchev–Trinajstić information content (AvgIpc) is 3.35. The molecule has 1 aliphatic heterocycles. The fourth-order valence-corrected chi connectivity index (χ4v) is 7.91. The van der Waals surface area contributed by atoms with Crippen LogP contribution < -0.4 is 0 Å². The van der Waals surface area contributed by atoms with Crippen molar-refractivity contribution in [1.82, 2.24) is 9.21 Å². The van der Waals surface area contributed by atoms with Crippen LogP contribution in [-0.2, 0) is 21.2 Å². The Bertz CT molecular complexity index is 1580. The van der Waals surface area contributed by atoms with Gasteiger partial charge in [-0.1, -0.05) is 59.6 Å². The third kappa shape index (κ3) is 5.03. The van der Waals surface area contributed by atoms with E-state index in [0.717, 1.165) is 21.9 Å². The number of hydrogen-bond acceptors (Lipinski definition) is 4. The van der Waals surface area contributed by atoms with Crippen LogP contribution >= 0.6 is 34.5 Å². The van der Waals surface area contributed by atoms with E-state index in [1.807, 2.05) is 41.8 Å². The topological polar surface area (TPSA) is 57.7 Å². The van der Waals surface area contributed by atoms with Crippen molar-refractivity contribution in [3.63, 3.8) is 0 Å². The van der Waals surface area contributed by atoms with Crippen molar-refractivity contribution >= 4 is 61.2 Å². The number of halogens is 2. The van der Waals surface area contributed by atoms with E-state index >= 15 is 0 Å². The van der Waals surface area contributed by atoms with Crippen LogP contribution in [0.15, 0.2) is 77.0 Å². The maximum atomic E-state index is 13.9. The van der Waals surface area contributed by atoms with E-state index in [2.05, 4.69) is 0 Å². The highest BCUT2D eigenvalue weighted by Gasteiger charge is 2.37. The maximum absolute atomic E-state index is 13.9. The molecule has 1 atom stereocenters. The molecule has 4 aromatic rings. The Balaban J connectivity index is 1.49. The molecule has 0 bridgehead atoms. The van der Waals surface area contributed by atoms with Crippen LogP contribution in [-0.4, -0.2) is 42.7 Å². The first-order valence-corrected chi connectivity index (χ1v) is 15.1. The predicted molar refractivity (Wildman–Crippen MR) is 151 cm³/mol. The van der Waals surface area contributed by atoms with Gasteiger partial charge in [-0.15, -0.1) is 11.3 Å². The van der Waals surface area contributed by atoms with Gasteiger partial charge in [0.05, 0.1) is 17.5 Å². The van der Waals surface area contributed by atoms with Gasteiger partial charge in [0.2, 0.25) is 15.9 Å². The minimum atomic E-state index is -3.93. The fourth-order valence-electron chi connectivity index (χ4n) is 4.88. The summed E-state index contributed by atoms with van der Waals surface area (Å²) in [6.07, 6.45) is 0.708. The van der Waals surface area contributed by atoms with Crippen LogP contribution in [0.2, 0.25) is 10.0 Å². The normalized spacial score (nSPS) is 15.9. The summed E-state index contributed by atoms with van der Waals surface area (Å²) in [6, 6.07) is 19.1. The second-order valence-electron chi connectivity index (χ2n) is 9.36. The lowest BCUT2D eigenvalue weighted by atomic mass is 9.93. The molecule has 1 aliphatic rings. The number of nitrogens with zero attached hydrogens (tertiary/aromatic N) is 2. The van der Waals surface area contributed by atoms with Crippen molar-refractivity contribution < 1.29 is 13.2 Å². The predicted octanol–water partition coefficient (Wildman–Crippen LogP) is 6.78. The summed E-state index contributed by atoms with van der Waals surface area (Å²) in [5.74, 6) is -0.272. The summed E-state index contributed by atoms with van der Waals surface area (Å²) in [4.78, 5) is 17.0. The summed E-state index contributed by atoms with van der Waals surface area (Å²) in [6.45, 7) is 3.77. The van der Waals surface area contributed by atoms with Gasteiger partial charge in [-0.3, -0.25) is 4.79 Å². The summed E-state index contributed by atoms with van der Waals surface area (Å²) in [5, 5.41) is 4.78. The molecule has 5 nitrogen and oxygen atoms in total. The van der Waals surface area contributed by atoms with Crippen LogP contribution in [0.5, 0.6) is 0 Å². The number of sulfonamides is 1. The van der Waals surface area contributed by atoms with E-state index in [1.165, 1.54) is 9.18 Å². The lowest BCUT2D eigenvalue weighted by Gasteiger charge is -2.38. The highest BCUT2D eigenvalue weighted by atomic mass is 35.5. The monoisotopic (exact) mass is 572 g/mol. The highest BCUT2D eigenvalue weighted by Crippen LogP contribution is 2.41. The largest absolute Gasteiger partial charge is 0.330 e. The van der Waals surface area contributed by atoms with Crippen molar-refractivity contribution in [1.29, 1.82) is 0 Å². The lowest BCUT2D eigenvalue weighted by molar-refractivity contribution is -0.133. The van der Waals surface area contributed by atoms with E-state index in [9.17, 15) is 13.2 Å². The first-order chi connectivity index (χ1) is 17.7. The second kappa shape index (κ2) is 10.4. The number of rotatable bonds is 6. The highest BCUT2D eigenvalue weighted by molar-refractivity contribution is 7.89. The Labute approximate surface area is 231 Å². The molecule has 0 N–H and O–H groups in total. The van der Waals surface area contributed by atoms with Crippen LogP contribution in [0.25, 0.3) is 10.8 Å². The Morgan fingerprint density at radius 1 is 1.03 bits per heavy atom. The number of carbonyl (C=O) groups excluding carboxylic acids is 1. The molecular formula is C28H26Cl2N2O3S2. The first kappa shape index (κ1) is 26.2.